The predicted octanol–water partition coefficient (Wildman–Crippen LogP) is 1.18. The smallest absolute Gasteiger partial charge is 0.319 e. The summed E-state index contributed by atoms with van der Waals surface area (Å²) in [7, 11) is 1.63. The van der Waals surface area contributed by atoms with Crippen LogP contribution >= 0.6 is 0 Å². The van der Waals surface area contributed by atoms with E-state index < -0.39 is 0 Å². The van der Waals surface area contributed by atoms with Crippen molar-refractivity contribution in [3.63, 3.8) is 0 Å². The molecule has 0 spiro atoms. The van der Waals surface area contributed by atoms with Gasteiger partial charge in [0.05, 0.1) is 6.61 Å². The fourth-order valence-electron chi connectivity index (χ4n) is 1.27. The van der Waals surface area contributed by atoms with Crippen LogP contribution in [0.3, 0.4) is 0 Å². The van der Waals surface area contributed by atoms with Crippen molar-refractivity contribution in [2.75, 3.05) is 38.7 Å². The van der Waals surface area contributed by atoms with Gasteiger partial charge in [-0.1, -0.05) is 0 Å². The lowest BCUT2D eigenvalue weighted by Crippen LogP contribution is -2.35. The van der Waals surface area contributed by atoms with Crippen molar-refractivity contribution in [1.29, 1.82) is 0 Å². The number of ether oxygens (including phenoxy) is 1. The molecule has 0 heterocycles. The maximum atomic E-state index is 12.6. The third-order valence-electron chi connectivity index (χ3n) is 2.17. The number of carbonyl (C=O) groups is 1. The molecule has 6 heteroatoms. The molecular weight excluding hydrogens is 237 g/mol. The molecule has 5 nitrogen and oxygen atoms in total. The van der Waals surface area contributed by atoms with Crippen LogP contribution < -0.4 is 16.0 Å². The molecule has 0 aromatic heterocycles. The van der Waals surface area contributed by atoms with Gasteiger partial charge in [0.25, 0.3) is 0 Å². The molecule has 2 amide bonds. The topological polar surface area (TPSA) is 62.4 Å². The molecule has 1 aromatic rings. The van der Waals surface area contributed by atoms with Crippen LogP contribution in [-0.2, 0) is 4.74 Å². The zero-order chi connectivity index (χ0) is 13.2. The second-order valence-electron chi connectivity index (χ2n) is 3.63. The van der Waals surface area contributed by atoms with Crippen molar-refractivity contribution < 1.29 is 13.9 Å². The van der Waals surface area contributed by atoms with Gasteiger partial charge in [-0.15, -0.1) is 0 Å². The first kappa shape index (κ1) is 14.4. The molecule has 1 rings (SSSR count). The number of benzene rings is 1. The number of amides is 2. The molecule has 0 atom stereocenters. The van der Waals surface area contributed by atoms with Gasteiger partial charge in [-0.3, -0.25) is 0 Å². The monoisotopic (exact) mass is 255 g/mol. The van der Waals surface area contributed by atoms with Crippen LogP contribution in [0.4, 0.5) is 14.9 Å². The summed E-state index contributed by atoms with van der Waals surface area (Å²) in [6.07, 6.45) is 0. The molecule has 0 aliphatic carbocycles. The van der Waals surface area contributed by atoms with Gasteiger partial charge in [0, 0.05) is 32.4 Å². The highest BCUT2D eigenvalue weighted by Gasteiger charge is 2.00. The molecule has 0 aliphatic rings. The number of hydrogen-bond donors (Lipinski definition) is 3. The first-order valence-corrected chi connectivity index (χ1v) is 5.72. The number of anilines is 1. The summed E-state index contributed by atoms with van der Waals surface area (Å²) in [5.41, 5.74) is 0.557. The van der Waals surface area contributed by atoms with E-state index in [9.17, 15) is 9.18 Å². The Kier molecular flexibility index (Phi) is 6.75. The third-order valence-corrected chi connectivity index (χ3v) is 2.17. The van der Waals surface area contributed by atoms with E-state index in [2.05, 4.69) is 16.0 Å². The average molecular weight is 255 g/mol. The van der Waals surface area contributed by atoms with Crippen LogP contribution in [0, 0.1) is 5.82 Å². The lowest BCUT2D eigenvalue weighted by Gasteiger charge is -2.08. The average Bonchev–Trinajstić information content (AvgIpc) is 2.36. The minimum absolute atomic E-state index is 0.310. The molecule has 100 valence electrons. The molecule has 0 unspecified atom stereocenters. The largest absolute Gasteiger partial charge is 0.383 e. The zero-order valence-corrected chi connectivity index (χ0v) is 10.3. The minimum atomic E-state index is -0.330. The Hall–Kier alpha value is -1.66. The summed E-state index contributed by atoms with van der Waals surface area (Å²) < 4.78 is 17.5. The molecule has 0 radical (unpaired) electrons. The number of nitrogens with one attached hydrogen (secondary N) is 3. The summed E-state index contributed by atoms with van der Waals surface area (Å²) in [6.45, 7) is 2.57. The molecule has 18 heavy (non-hydrogen) atoms. The van der Waals surface area contributed by atoms with Crippen molar-refractivity contribution in [2.24, 2.45) is 0 Å². The first-order valence-electron chi connectivity index (χ1n) is 5.72. The maximum Gasteiger partial charge on any atom is 0.319 e. The van der Waals surface area contributed by atoms with Crippen molar-refractivity contribution in [3.05, 3.63) is 30.1 Å². The highest BCUT2D eigenvalue weighted by atomic mass is 19.1. The lowest BCUT2D eigenvalue weighted by molar-refractivity contribution is 0.199. The Labute approximate surface area is 106 Å². The van der Waals surface area contributed by atoms with E-state index >= 15 is 0 Å². The highest BCUT2D eigenvalue weighted by Crippen LogP contribution is 2.07. The van der Waals surface area contributed by atoms with E-state index in [1.165, 1.54) is 24.3 Å². The number of methoxy groups -OCH3 is 1. The Bertz CT molecular complexity index is 357. The fourth-order valence-corrected chi connectivity index (χ4v) is 1.27. The van der Waals surface area contributed by atoms with Crippen LogP contribution in [0.5, 0.6) is 0 Å². The van der Waals surface area contributed by atoms with E-state index in [1.54, 1.807) is 7.11 Å². The van der Waals surface area contributed by atoms with Crippen LogP contribution in [0.15, 0.2) is 24.3 Å². The minimum Gasteiger partial charge on any atom is -0.383 e. The van der Waals surface area contributed by atoms with E-state index in [1.807, 2.05) is 0 Å². The van der Waals surface area contributed by atoms with Gasteiger partial charge in [-0.25, -0.2) is 9.18 Å². The van der Waals surface area contributed by atoms with Gasteiger partial charge in [-0.05, 0) is 24.3 Å². The quantitative estimate of drug-likeness (QED) is 0.641. The van der Waals surface area contributed by atoms with Gasteiger partial charge in [0.2, 0.25) is 0 Å². The number of halogens is 1. The van der Waals surface area contributed by atoms with Crippen molar-refractivity contribution in [1.82, 2.24) is 10.6 Å². The standard InChI is InChI=1S/C12H18FN3O2/c1-18-9-8-14-6-7-15-12(17)16-11-4-2-10(13)3-5-11/h2-5,14H,6-9H2,1H3,(H2,15,16,17). The molecule has 0 saturated heterocycles. The first-order chi connectivity index (χ1) is 8.72. The zero-order valence-electron chi connectivity index (χ0n) is 10.3. The number of carbonyl (C=O) groups excluding carboxylic acids is 1. The second kappa shape index (κ2) is 8.43. The van der Waals surface area contributed by atoms with Crippen LogP contribution in [-0.4, -0.2) is 39.4 Å². The van der Waals surface area contributed by atoms with E-state index in [4.69, 9.17) is 4.74 Å². The molecule has 1 aromatic carbocycles. The van der Waals surface area contributed by atoms with Gasteiger partial charge < -0.3 is 20.7 Å². The third kappa shape index (κ3) is 6.17. The Morgan fingerprint density at radius 1 is 1.22 bits per heavy atom. The Morgan fingerprint density at radius 2 is 1.94 bits per heavy atom. The lowest BCUT2D eigenvalue weighted by atomic mass is 10.3. The maximum absolute atomic E-state index is 12.6. The predicted molar refractivity (Wildman–Crippen MR) is 68.2 cm³/mol. The van der Waals surface area contributed by atoms with Crippen LogP contribution in [0.1, 0.15) is 0 Å². The molecule has 0 saturated carbocycles. The fraction of sp³-hybridized carbons (Fsp3) is 0.417. The van der Waals surface area contributed by atoms with E-state index in [0.717, 1.165) is 6.54 Å². The van der Waals surface area contributed by atoms with Gasteiger partial charge in [0.1, 0.15) is 5.82 Å². The van der Waals surface area contributed by atoms with E-state index in [0.29, 0.717) is 25.4 Å². The SMILES string of the molecule is COCCNCCNC(=O)Nc1ccc(F)cc1. The Morgan fingerprint density at radius 3 is 2.61 bits per heavy atom. The van der Waals surface area contributed by atoms with Crippen molar-refractivity contribution in [2.45, 2.75) is 0 Å². The van der Waals surface area contributed by atoms with Crippen molar-refractivity contribution in [3.8, 4) is 0 Å². The molecule has 3 N–H and O–H groups in total. The molecule has 0 bridgehead atoms. The van der Waals surface area contributed by atoms with Gasteiger partial charge in [0.15, 0.2) is 0 Å². The number of hydrogen-bond acceptors (Lipinski definition) is 3. The van der Waals surface area contributed by atoms with Gasteiger partial charge >= 0.3 is 6.03 Å². The number of rotatable bonds is 7. The van der Waals surface area contributed by atoms with Crippen LogP contribution in [0.2, 0.25) is 0 Å². The van der Waals surface area contributed by atoms with Gasteiger partial charge in [-0.2, -0.15) is 0 Å². The summed E-state index contributed by atoms with van der Waals surface area (Å²) in [5, 5.41) is 8.37. The van der Waals surface area contributed by atoms with E-state index in [-0.39, 0.29) is 11.8 Å². The molecule has 0 aliphatic heterocycles. The van der Waals surface area contributed by atoms with Crippen molar-refractivity contribution >= 4 is 11.7 Å². The molecular formula is C12H18FN3O2. The second-order valence-corrected chi connectivity index (χ2v) is 3.63. The highest BCUT2D eigenvalue weighted by molar-refractivity contribution is 5.89. The number of urea groups is 1. The summed E-state index contributed by atoms with van der Waals surface area (Å²) >= 11 is 0. The molecule has 0 fully saturated rings. The Balaban J connectivity index is 2.12. The summed E-state index contributed by atoms with van der Waals surface area (Å²) in [5.74, 6) is -0.330. The van der Waals surface area contributed by atoms with Crippen LogP contribution in [0.25, 0.3) is 0 Å². The summed E-state index contributed by atoms with van der Waals surface area (Å²) in [4.78, 5) is 11.4. The summed E-state index contributed by atoms with van der Waals surface area (Å²) in [6, 6.07) is 5.29. The normalized spacial score (nSPS) is 10.1.